The van der Waals surface area contributed by atoms with E-state index in [4.69, 9.17) is 5.73 Å². The third-order valence-electron chi connectivity index (χ3n) is 3.05. The van der Waals surface area contributed by atoms with Crippen LogP contribution in [0.25, 0.3) is 5.95 Å². The quantitative estimate of drug-likeness (QED) is 0.808. The number of hydrogen-bond acceptors (Lipinski definition) is 3. The average molecular weight is 259 g/mol. The van der Waals surface area contributed by atoms with Gasteiger partial charge in [-0.15, -0.1) is 10.9 Å². The van der Waals surface area contributed by atoms with Gasteiger partial charge in [0.2, 0.25) is 5.95 Å². The van der Waals surface area contributed by atoms with Gasteiger partial charge in [-0.1, -0.05) is 0 Å². The maximum absolute atomic E-state index is 5.99. The van der Waals surface area contributed by atoms with Crippen LogP contribution >= 0.6 is 10.9 Å². The molecular formula is C12H13N5S. The van der Waals surface area contributed by atoms with E-state index in [0.29, 0.717) is 10.9 Å². The Hall–Kier alpha value is -1.79. The Kier molecular flexibility index (Phi) is 2.81. The summed E-state index contributed by atoms with van der Waals surface area (Å²) in [6.45, 7) is 0. The summed E-state index contributed by atoms with van der Waals surface area (Å²) in [5.74, 6) is 4.38. The Balaban J connectivity index is 2.22. The average Bonchev–Trinajstić information content (AvgIpc) is 3.06. The lowest BCUT2D eigenvalue weighted by molar-refractivity contribution is 0.876. The second-order valence-electron chi connectivity index (χ2n) is 4.13. The number of fused-ring (bicyclic) bond motifs is 1. The first-order chi connectivity index (χ1) is 8.79. The van der Waals surface area contributed by atoms with E-state index in [1.165, 1.54) is 16.5 Å². The van der Waals surface area contributed by atoms with Gasteiger partial charge in [-0.3, -0.25) is 10.3 Å². The predicted octanol–water partition coefficient (Wildman–Crippen LogP) is 0.753. The maximum atomic E-state index is 5.99. The largest absolute Gasteiger partial charge is 0.292 e. The molecule has 1 aliphatic rings. The molecule has 0 saturated carbocycles. The van der Waals surface area contributed by atoms with Gasteiger partial charge in [-0.2, -0.15) is 0 Å². The lowest BCUT2D eigenvalue weighted by Gasteiger charge is -2.09. The van der Waals surface area contributed by atoms with E-state index < -0.39 is 0 Å². The van der Waals surface area contributed by atoms with Gasteiger partial charge in [0.15, 0.2) is 0 Å². The zero-order chi connectivity index (χ0) is 12.5. The van der Waals surface area contributed by atoms with Crippen LogP contribution in [0.4, 0.5) is 0 Å². The molecule has 2 aromatic rings. The summed E-state index contributed by atoms with van der Waals surface area (Å²) in [4.78, 5) is 13.8. The zero-order valence-electron chi connectivity index (χ0n) is 9.83. The smallest absolute Gasteiger partial charge is 0.235 e. The summed E-state index contributed by atoms with van der Waals surface area (Å²) < 4.78 is 1.79. The second kappa shape index (κ2) is 4.47. The molecule has 5 nitrogen and oxygen atoms in total. The van der Waals surface area contributed by atoms with Crippen LogP contribution < -0.4 is 5.73 Å². The van der Waals surface area contributed by atoms with Crippen molar-refractivity contribution in [2.75, 3.05) is 0 Å². The number of imidazole rings is 1. The van der Waals surface area contributed by atoms with Crippen LogP contribution in [-0.4, -0.2) is 30.4 Å². The van der Waals surface area contributed by atoms with E-state index in [9.17, 15) is 0 Å². The van der Waals surface area contributed by atoms with Crippen LogP contribution in [0.1, 0.15) is 23.4 Å². The molecule has 0 aliphatic heterocycles. The molecule has 18 heavy (non-hydrogen) atoms. The zero-order valence-corrected chi connectivity index (χ0v) is 10.7. The molecule has 92 valence electrons. The van der Waals surface area contributed by atoms with E-state index in [1.54, 1.807) is 17.1 Å². The lowest BCUT2D eigenvalue weighted by Crippen LogP contribution is -2.18. The van der Waals surface area contributed by atoms with Crippen LogP contribution in [0.5, 0.6) is 0 Å². The molecule has 0 unspecified atom stereocenters. The van der Waals surface area contributed by atoms with Crippen LogP contribution in [0.15, 0.2) is 18.7 Å². The molecular weight excluding hydrogens is 246 g/mol. The first-order valence-electron chi connectivity index (χ1n) is 5.72. The van der Waals surface area contributed by atoms with Gasteiger partial charge in [0.25, 0.3) is 0 Å². The molecule has 1 aliphatic carbocycles. The van der Waals surface area contributed by atoms with E-state index in [1.807, 2.05) is 6.20 Å². The Morgan fingerprint density at radius 2 is 2.28 bits per heavy atom. The minimum atomic E-state index is 0.625. The Morgan fingerprint density at radius 1 is 1.39 bits per heavy atom. The lowest BCUT2D eigenvalue weighted by atomic mass is 10.2. The normalized spacial score (nSPS) is 13.4. The van der Waals surface area contributed by atoms with Crippen molar-refractivity contribution in [2.45, 2.75) is 19.3 Å². The summed E-state index contributed by atoms with van der Waals surface area (Å²) in [7, 11) is 1.28. The monoisotopic (exact) mass is 259 g/mol. The van der Waals surface area contributed by atoms with Crippen molar-refractivity contribution in [1.82, 2.24) is 19.5 Å². The molecule has 2 aromatic heterocycles. The third kappa shape index (κ3) is 1.79. The Bertz CT molecular complexity index is 641. The molecule has 6 heteroatoms. The van der Waals surface area contributed by atoms with Crippen molar-refractivity contribution < 1.29 is 0 Å². The molecule has 0 bridgehead atoms. The fourth-order valence-electron chi connectivity index (χ4n) is 2.18. The highest BCUT2D eigenvalue weighted by molar-refractivity contribution is 7.96. The van der Waals surface area contributed by atoms with E-state index in [-0.39, 0.29) is 0 Å². The molecule has 0 spiro atoms. The molecule has 3 rings (SSSR count). The van der Waals surface area contributed by atoms with Crippen LogP contribution in [0, 0.1) is 0 Å². The number of hydrogen-bond donors (Lipinski definition) is 1. The highest BCUT2D eigenvalue weighted by atomic mass is 32.1. The summed E-state index contributed by atoms with van der Waals surface area (Å²) in [5.41, 5.74) is 9.10. The van der Waals surface area contributed by atoms with E-state index >= 15 is 0 Å². The van der Waals surface area contributed by atoms with Gasteiger partial charge in [0, 0.05) is 23.7 Å². The van der Waals surface area contributed by atoms with Gasteiger partial charge in [0.05, 0.1) is 10.7 Å². The first kappa shape index (κ1) is 11.3. The molecule has 0 atom stereocenters. The highest BCUT2D eigenvalue weighted by Crippen LogP contribution is 2.23. The minimum absolute atomic E-state index is 0.625. The summed E-state index contributed by atoms with van der Waals surface area (Å²) in [5, 5.41) is 0. The summed E-state index contributed by atoms with van der Waals surface area (Å²) in [6, 6.07) is 0. The van der Waals surface area contributed by atoms with Crippen molar-refractivity contribution in [1.29, 1.82) is 0 Å². The van der Waals surface area contributed by atoms with Gasteiger partial charge in [-0.05, 0) is 25.1 Å². The molecule has 2 N–H and O–H groups in total. The van der Waals surface area contributed by atoms with Gasteiger partial charge < -0.3 is 0 Å². The fourth-order valence-corrected chi connectivity index (χ4v) is 2.49. The minimum Gasteiger partial charge on any atom is -0.292 e. The maximum Gasteiger partial charge on any atom is 0.235 e. The fraction of sp³-hybridized carbons (Fsp3) is 0.250. The number of nitrogens with two attached hydrogens (primary N) is 1. The number of aromatic nitrogens is 4. The van der Waals surface area contributed by atoms with Crippen molar-refractivity contribution in [3.8, 4) is 5.95 Å². The van der Waals surface area contributed by atoms with Crippen LogP contribution in [-0.2, 0) is 12.8 Å². The Labute approximate surface area is 108 Å². The molecule has 0 aromatic carbocycles. The Morgan fingerprint density at radius 3 is 3.00 bits per heavy atom. The number of aryl methyl sites for hydroxylation is 1. The molecule has 0 fully saturated rings. The molecule has 2 heterocycles. The number of rotatable bonds is 2. The van der Waals surface area contributed by atoms with Gasteiger partial charge in [-0.25, -0.2) is 15.0 Å². The second-order valence-corrected chi connectivity index (χ2v) is 4.86. The van der Waals surface area contributed by atoms with Gasteiger partial charge in [0.1, 0.15) is 6.33 Å². The topological polar surface area (TPSA) is 69.6 Å². The van der Waals surface area contributed by atoms with Crippen LogP contribution in [0.3, 0.4) is 0 Å². The molecule has 0 saturated heterocycles. The van der Waals surface area contributed by atoms with Gasteiger partial charge >= 0.3 is 0 Å². The van der Waals surface area contributed by atoms with Crippen LogP contribution in [0.2, 0.25) is 0 Å². The predicted molar refractivity (Wildman–Crippen MR) is 74.2 cm³/mol. The van der Waals surface area contributed by atoms with E-state index in [2.05, 4.69) is 20.8 Å². The summed E-state index contributed by atoms with van der Waals surface area (Å²) in [6.07, 6.45) is 8.32. The highest BCUT2D eigenvalue weighted by Gasteiger charge is 2.20. The molecule has 0 radical (unpaired) electrons. The third-order valence-corrected chi connectivity index (χ3v) is 3.55. The van der Waals surface area contributed by atoms with Crippen molar-refractivity contribution in [3.63, 3.8) is 0 Å². The number of nitrogens with zero attached hydrogens (tertiary/aromatic N) is 4. The summed E-state index contributed by atoms with van der Waals surface area (Å²) >= 11 is 0. The first-order valence-corrected chi connectivity index (χ1v) is 6.71. The van der Waals surface area contributed by atoms with Crippen molar-refractivity contribution >= 4 is 21.8 Å². The van der Waals surface area contributed by atoms with Crippen molar-refractivity contribution in [3.05, 3.63) is 35.7 Å². The van der Waals surface area contributed by atoms with E-state index in [0.717, 1.165) is 30.7 Å². The SMILES string of the molecule is C=S=C(N)c1nc(-n2ccnc2)nc2c1CCC2. The molecule has 0 amide bonds. The standard InChI is InChI=1S/C12H13N5S/c1-18-11(13)10-8-3-2-4-9(8)15-12(16-10)17-6-5-14-7-17/h5-7H,1-4,13H2. The van der Waals surface area contributed by atoms with Crippen molar-refractivity contribution in [2.24, 2.45) is 5.73 Å².